The fourth-order valence-corrected chi connectivity index (χ4v) is 1.15. The van der Waals surface area contributed by atoms with Gasteiger partial charge >= 0.3 is 0 Å². The molecule has 2 atom stereocenters. The Hall–Kier alpha value is -0.160. The van der Waals surface area contributed by atoms with Crippen molar-refractivity contribution in [2.45, 2.75) is 26.1 Å². The van der Waals surface area contributed by atoms with Gasteiger partial charge in [0.25, 0.3) is 0 Å². The molecule has 4 nitrogen and oxygen atoms in total. The lowest BCUT2D eigenvalue weighted by Gasteiger charge is -2.28. The molecule has 2 unspecified atom stereocenters. The Balaban J connectivity index is 0.000000791. The Morgan fingerprint density at radius 1 is 0.929 bits per heavy atom. The van der Waals surface area contributed by atoms with E-state index < -0.39 is 0 Å². The van der Waals surface area contributed by atoms with Crippen molar-refractivity contribution in [2.24, 2.45) is 0 Å². The molecule has 0 saturated carbocycles. The second-order valence-corrected chi connectivity index (χ2v) is 2.82. The molecule has 0 amide bonds. The lowest BCUT2D eigenvalue weighted by Crippen LogP contribution is -2.40. The van der Waals surface area contributed by atoms with E-state index in [2.05, 4.69) is 0 Å². The van der Waals surface area contributed by atoms with Crippen molar-refractivity contribution >= 4 is 0 Å². The van der Waals surface area contributed by atoms with Gasteiger partial charge in [-0.3, -0.25) is 0 Å². The van der Waals surface area contributed by atoms with E-state index in [-0.39, 0.29) is 12.2 Å². The van der Waals surface area contributed by atoms with Crippen molar-refractivity contribution in [2.75, 3.05) is 40.6 Å². The molecule has 0 N–H and O–H groups in total. The van der Waals surface area contributed by atoms with Crippen LogP contribution in [-0.4, -0.2) is 52.9 Å². The number of hydrogen-bond acceptors (Lipinski definition) is 4. The van der Waals surface area contributed by atoms with Crippen LogP contribution in [0.15, 0.2) is 0 Å². The van der Waals surface area contributed by atoms with Crippen molar-refractivity contribution in [3.63, 3.8) is 0 Å². The maximum absolute atomic E-state index is 5.45. The van der Waals surface area contributed by atoms with Crippen LogP contribution in [0.1, 0.15) is 13.8 Å². The van der Waals surface area contributed by atoms with Crippen molar-refractivity contribution < 1.29 is 18.9 Å². The zero-order chi connectivity index (χ0) is 10.8. The largest absolute Gasteiger partial charge is 0.382 e. The Labute approximate surface area is 86.5 Å². The molecular weight excluding hydrogens is 184 g/mol. The number of methoxy groups -OCH3 is 2. The van der Waals surface area contributed by atoms with E-state index in [4.69, 9.17) is 18.9 Å². The fraction of sp³-hybridized carbons (Fsp3) is 1.00. The normalized spacial score (nSPS) is 26.6. The number of hydrogen-bond donors (Lipinski definition) is 0. The molecule has 1 heterocycles. The SMILES string of the molecule is CC.COCC1COC(COC)CO1. The predicted molar refractivity (Wildman–Crippen MR) is 54.6 cm³/mol. The highest BCUT2D eigenvalue weighted by atomic mass is 16.6. The van der Waals surface area contributed by atoms with E-state index in [1.54, 1.807) is 14.2 Å². The quantitative estimate of drug-likeness (QED) is 0.690. The summed E-state index contributed by atoms with van der Waals surface area (Å²) in [5.41, 5.74) is 0. The van der Waals surface area contributed by atoms with E-state index in [1.807, 2.05) is 13.8 Å². The zero-order valence-corrected chi connectivity index (χ0v) is 9.62. The van der Waals surface area contributed by atoms with Gasteiger partial charge in [-0.1, -0.05) is 13.8 Å². The third-order valence-corrected chi connectivity index (χ3v) is 1.74. The standard InChI is InChI=1S/C8H16O4.C2H6/c1-9-3-7-5-12-8(4-10-2)6-11-7;1-2/h7-8H,3-6H2,1-2H3;1-2H3. The minimum atomic E-state index is 0.0862. The van der Waals surface area contributed by atoms with Crippen LogP contribution in [0.5, 0.6) is 0 Å². The van der Waals surface area contributed by atoms with Crippen molar-refractivity contribution in [1.82, 2.24) is 0 Å². The molecular formula is C10H22O4. The Morgan fingerprint density at radius 2 is 1.29 bits per heavy atom. The zero-order valence-electron chi connectivity index (χ0n) is 9.62. The van der Waals surface area contributed by atoms with Gasteiger partial charge in [-0.05, 0) is 0 Å². The van der Waals surface area contributed by atoms with E-state index >= 15 is 0 Å². The average molecular weight is 206 g/mol. The molecule has 0 aliphatic carbocycles. The van der Waals surface area contributed by atoms with Gasteiger partial charge in [0.05, 0.1) is 26.4 Å². The summed E-state index contributed by atoms with van der Waals surface area (Å²) in [6.07, 6.45) is 0.172. The molecule has 0 radical (unpaired) electrons. The Kier molecular flexibility index (Phi) is 9.29. The summed E-state index contributed by atoms with van der Waals surface area (Å²) in [6.45, 7) is 6.39. The van der Waals surface area contributed by atoms with Crippen LogP contribution in [0.4, 0.5) is 0 Å². The predicted octanol–water partition coefficient (Wildman–Crippen LogP) is 1.09. The van der Waals surface area contributed by atoms with Crippen molar-refractivity contribution in [3.8, 4) is 0 Å². The van der Waals surface area contributed by atoms with Gasteiger partial charge in [-0.25, -0.2) is 0 Å². The molecule has 1 fully saturated rings. The second kappa shape index (κ2) is 9.40. The van der Waals surface area contributed by atoms with Gasteiger partial charge in [0.15, 0.2) is 0 Å². The maximum atomic E-state index is 5.45. The molecule has 4 heteroatoms. The maximum Gasteiger partial charge on any atom is 0.104 e. The van der Waals surface area contributed by atoms with Crippen molar-refractivity contribution in [3.05, 3.63) is 0 Å². The first kappa shape index (κ1) is 13.8. The third kappa shape index (κ3) is 5.54. The van der Waals surface area contributed by atoms with Gasteiger partial charge in [0, 0.05) is 14.2 Å². The molecule has 0 aromatic heterocycles. The lowest BCUT2D eigenvalue weighted by atomic mass is 10.3. The molecule has 0 bridgehead atoms. The molecule has 0 spiro atoms. The van der Waals surface area contributed by atoms with Gasteiger partial charge < -0.3 is 18.9 Å². The minimum Gasteiger partial charge on any atom is -0.382 e. The highest BCUT2D eigenvalue weighted by Gasteiger charge is 2.21. The van der Waals surface area contributed by atoms with Crippen LogP contribution in [0.2, 0.25) is 0 Å². The minimum absolute atomic E-state index is 0.0862. The van der Waals surface area contributed by atoms with Gasteiger partial charge in [0.2, 0.25) is 0 Å². The van der Waals surface area contributed by atoms with Crippen LogP contribution < -0.4 is 0 Å². The van der Waals surface area contributed by atoms with E-state index in [1.165, 1.54) is 0 Å². The summed E-state index contributed by atoms with van der Waals surface area (Å²) >= 11 is 0. The molecule has 0 aromatic rings. The summed E-state index contributed by atoms with van der Waals surface area (Å²) in [5.74, 6) is 0. The van der Waals surface area contributed by atoms with E-state index in [0.717, 1.165) is 0 Å². The second-order valence-electron chi connectivity index (χ2n) is 2.82. The van der Waals surface area contributed by atoms with Crippen LogP contribution in [0, 0.1) is 0 Å². The fourth-order valence-electron chi connectivity index (χ4n) is 1.15. The molecule has 0 aromatic carbocycles. The summed E-state index contributed by atoms with van der Waals surface area (Å²) in [6, 6.07) is 0. The molecule has 1 aliphatic rings. The third-order valence-electron chi connectivity index (χ3n) is 1.74. The lowest BCUT2D eigenvalue weighted by molar-refractivity contribution is -0.161. The van der Waals surface area contributed by atoms with E-state index in [9.17, 15) is 0 Å². The molecule has 1 aliphatic heterocycles. The molecule has 1 rings (SSSR count). The number of rotatable bonds is 4. The molecule has 1 saturated heterocycles. The van der Waals surface area contributed by atoms with Gasteiger partial charge in [-0.15, -0.1) is 0 Å². The summed E-state index contributed by atoms with van der Waals surface area (Å²) in [5, 5.41) is 0. The Morgan fingerprint density at radius 3 is 1.50 bits per heavy atom. The van der Waals surface area contributed by atoms with Crippen LogP contribution in [0.3, 0.4) is 0 Å². The first-order chi connectivity index (χ1) is 6.86. The molecule has 86 valence electrons. The first-order valence-corrected chi connectivity index (χ1v) is 5.08. The molecule has 14 heavy (non-hydrogen) atoms. The first-order valence-electron chi connectivity index (χ1n) is 5.08. The van der Waals surface area contributed by atoms with Crippen LogP contribution >= 0.6 is 0 Å². The summed E-state index contributed by atoms with van der Waals surface area (Å²) < 4.78 is 20.8. The average Bonchev–Trinajstić information content (AvgIpc) is 2.25. The van der Waals surface area contributed by atoms with Gasteiger partial charge in [0.1, 0.15) is 12.2 Å². The monoisotopic (exact) mass is 206 g/mol. The smallest absolute Gasteiger partial charge is 0.104 e. The van der Waals surface area contributed by atoms with Crippen LogP contribution in [-0.2, 0) is 18.9 Å². The highest BCUT2D eigenvalue weighted by molar-refractivity contribution is 4.66. The van der Waals surface area contributed by atoms with Crippen molar-refractivity contribution in [1.29, 1.82) is 0 Å². The van der Waals surface area contributed by atoms with E-state index in [0.29, 0.717) is 26.4 Å². The summed E-state index contributed by atoms with van der Waals surface area (Å²) in [7, 11) is 3.31. The number of ether oxygens (including phenoxy) is 4. The van der Waals surface area contributed by atoms with Gasteiger partial charge in [-0.2, -0.15) is 0 Å². The van der Waals surface area contributed by atoms with Crippen LogP contribution in [0.25, 0.3) is 0 Å². The Bertz CT molecular complexity index is 96.7. The summed E-state index contributed by atoms with van der Waals surface area (Å²) in [4.78, 5) is 0. The highest BCUT2D eigenvalue weighted by Crippen LogP contribution is 2.07. The topological polar surface area (TPSA) is 36.9 Å².